The van der Waals surface area contributed by atoms with E-state index < -0.39 is 24.0 Å². The lowest BCUT2D eigenvalue weighted by atomic mass is 9.91. The molecule has 0 bridgehead atoms. The molecule has 1 fully saturated rings. The molecule has 1 heterocycles. The Kier molecular flexibility index (Phi) is 5.64. The predicted octanol–water partition coefficient (Wildman–Crippen LogP) is 2.48. The lowest BCUT2D eigenvalue weighted by Gasteiger charge is -2.25. The van der Waals surface area contributed by atoms with E-state index in [1.807, 2.05) is 0 Å². The summed E-state index contributed by atoms with van der Waals surface area (Å²) < 4.78 is 37.4. The maximum Gasteiger partial charge on any atom is 0.471 e. The fourth-order valence-electron chi connectivity index (χ4n) is 2.39. The van der Waals surface area contributed by atoms with Crippen LogP contribution in [0.4, 0.5) is 13.2 Å². The van der Waals surface area contributed by atoms with Crippen molar-refractivity contribution < 1.29 is 22.8 Å². The molecule has 1 aliphatic heterocycles. The van der Waals surface area contributed by atoms with E-state index in [0.29, 0.717) is 17.9 Å². The van der Waals surface area contributed by atoms with Gasteiger partial charge in [0.25, 0.3) is 0 Å². The fourth-order valence-corrected chi connectivity index (χ4v) is 2.39. The maximum atomic E-state index is 12.5. The predicted molar refractivity (Wildman–Crippen MR) is 72.5 cm³/mol. The highest BCUT2D eigenvalue weighted by Gasteiger charge is 2.47. The van der Waals surface area contributed by atoms with Gasteiger partial charge in [-0.1, -0.05) is 20.8 Å². The summed E-state index contributed by atoms with van der Waals surface area (Å²) >= 11 is 0. The van der Waals surface area contributed by atoms with Crippen molar-refractivity contribution in [1.29, 1.82) is 0 Å². The molecule has 1 N–H and O–H groups in total. The first-order valence-corrected chi connectivity index (χ1v) is 7.18. The molecule has 0 aromatic carbocycles. The van der Waals surface area contributed by atoms with Gasteiger partial charge in [-0.25, -0.2) is 0 Å². The highest BCUT2D eigenvalue weighted by atomic mass is 19.4. The molecule has 1 atom stereocenters. The smallest absolute Gasteiger partial charge is 0.354 e. The van der Waals surface area contributed by atoms with Crippen molar-refractivity contribution in [3.63, 3.8) is 0 Å². The minimum Gasteiger partial charge on any atom is -0.354 e. The number of hydrogen-bond donors (Lipinski definition) is 1. The second kappa shape index (κ2) is 6.66. The molecule has 0 saturated carbocycles. The summed E-state index contributed by atoms with van der Waals surface area (Å²) in [6, 6.07) is -0.992. The topological polar surface area (TPSA) is 49.4 Å². The summed E-state index contributed by atoms with van der Waals surface area (Å²) in [6.45, 7) is 6.64. The van der Waals surface area contributed by atoms with Gasteiger partial charge in [-0.05, 0) is 31.1 Å². The van der Waals surface area contributed by atoms with Gasteiger partial charge in [-0.2, -0.15) is 13.2 Å². The van der Waals surface area contributed by atoms with Crippen LogP contribution in [0.1, 0.15) is 46.5 Å². The van der Waals surface area contributed by atoms with Crippen molar-refractivity contribution in [3.05, 3.63) is 0 Å². The number of halogens is 3. The van der Waals surface area contributed by atoms with Gasteiger partial charge in [0, 0.05) is 13.1 Å². The van der Waals surface area contributed by atoms with E-state index in [-0.39, 0.29) is 18.4 Å². The number of carbonyl (C=O) groups excluding carboxylic acids is 2. The lowest BCUT2D eigenvalue weighted by molar-refractivity contribution is -0.186. The van der Waals surface area contributed by atoms with Gasteiger partial charge in [-0.3, -0.25) is 9.59 Å². The van der Waals surface area contributed by atoms with Crippen LogP contribution in [0.5, 0.6) is 0 Å². The molecular formula is C14H23F3N2O2. The number of nitrogens with one attached hydrogen (secondary N) is 1. The highest BCUT2D eigenvalue weighted by Crippen LogP contribution is 2.26. The molecule has 1 rings (SSSR count). The van der Waals surface area contributed by atoms with Crippen LogP contribution in [-0.2, 0) is 9.59 Å². The zero-order valence-corrected chi connectivity index (χ0v) is 12.7. The van der Waals surface area contributed by atoms with Gasteiger partial charge in [0.2, 0.25) is 5.91 Å². The first-order valence-electron chi connectivity index (χ1n) is 7.18. The maximum absolute atomic E-state index is 12.5. The normalized spacial score (nSPS) is 19.7. The average molecular weight is 308 g/mol. The summed E-state index contributed by atoms with van der Waals surface area (Å²) in [4.78, 5) is 23.8. The van der Waals surface area contributed by atoms with Crippen molar-refractivity contribution in [2.24, 2.45) is 5.41 Å². The highest BCUT2D eigenvalue weighted by molar-refractivity contribution is 5.90. The lowest BCUT2D eigenvalue weighted by Crippen LogP contribution is -2.50. The number of amides is 2. The van der Waals surface area contributed by atoms with Gasteiger partial charge < -0.3 is 10.2 Å². The Balaban J connectivity index is 2.48. The monoisotopic (exact) mass is 308 g/mol. The number of alkyl halides is 3. The van der Waals surface area contributed by atoms with Crippen LogP contribution >= 0.6 is 0 Å². The molecule has 1 saturated heterocycles. The van der Waals surface area contributed by atoms with Crippen LogP contribution in [-0.4, -0.2) is 42.0 Å². The molecule has 4 nitrogen and oxygen atoms in total. The molecule has 122 valence electrons. The Bertz CT molecular complexity index is 389. The van der Waals surface area contributed by atoms with Crippen molar-refractivity contribution in [3.8, 4) is 0 Å². The summed E-state index contributed by atoms with van der Waals surface area (Å²) in [5.41, 5.74) is 0.149. The van der Waals surface area contributed by atoms with Gasteiger partial charge in [0.05, 0.1) is 0 Å². The van der Waals surface area contributed by atoms with E-state index >= 15 is 0 Å². The molecule has 21 heavy (non-hydrogen) atoms. The zero-order valence-electron chi connectivity index (χ0n) is 12.7. The first-order chi connectivity index (χ1) is 9.52. The van der Waals surface area contributed by atoms with Crippen molar-refractivity contribution in [2.75, 3.05) is 13.1 Å². The van der Waals surface area contributed by atoms with Gasteiger partial charge in [-0.15, -0.1) is 0 Å². The third-order valence-corrected chi connectivity index (χ3v) is 3.46. The quantitative estimate of drug-likeness (QED) is 0.811. The molecule has 0 spiro atoms. The molecule has 0 radical (unpaired) electrons. The van der Waals surface area contributed by atoms with Crippen LogP contribution in [0.3, 0.4) is 0 Å². The molecule has 7 heteroatoms. The van der Waals surface area contributed by atoms with E-state index in [4.69, 9.17) is 0 Å². The van der Waals surface area contributed by atoms with E-state index in [2.05, 4.69) is 26.1 Å². The van der Waals surface area contributed by atoms with Crippen molar-refractivity contribution >= 4 is 11.8 Å². The molecule has 2 amide bonds. The summed E-state index contributed by atoms with van der Waals surface area (Å²) in [6.07, 6.45) is -2.55. The Morgan fingerprint density at radius 1 is 1.24 bits per heavy atom. The van der Waals surface area contributed by atoms with Crippen LogP contribution in [0, 0.1) is 5.41 Å². The number of carbonyl (C=O) groups is 2. The number of hydrogen-bond acceptors (Lipinski definition) is 2. The fraction of sp³-hybridized carbons (Fsp3) is 0.857. The van der Waals surface area contributed by atoms with Crippen LogP contribution in [0.2, 0.25) is 0 Å². The summed E-state index contributed by atoms with van der Waals surface area (Å²) in [7, 11) is 0. The van der Waals surface area contributed by atoms with Crippen LogP contribution in [0.25, 0.3) is 0 Å². The van der Waals surface area contributed by atoms with E-state index in [0.717, 1.165) is 12.8 Å². The Labute approximate surface area is 123 Å². The number of nitrogens with zero attached hydrogens (tertiary/aromatic N) is 1. The molecule has 1 unspecified atom stereocenters. The number of rotatable bonds is 4. The zero-order chi connectivity index (χ0) is 16.3. The molecular weight excluding hydrogens is 285 g/mol. The molecule has 0 aromatic rings. The second-order valence-corrected chi connectivity index (χ2v) is 6.61. The second-order valence-electron chi connectivity index (χ2n) is 6.61. The number of likely N-dealkylation sites (tertiary alicyclic amines) is 1. The van der Waals surface area contributed by atoms with Gasteiger partial charge >= 0.3 is 12.1 Å². The van der Waals surface area contributed by atoms with Crippen LogP contribution in [0.15, 0.2) is 0 Å². The first kappa shape index (κ1) is 17.8. The minimum absolute atomic E-state index is 0.0155. The van der Waals surface area contributed by atoms with Crippen molar-refractivity contribution in [2.45, 2.75) is 58.7 Å². The largest absolute Gasteiger partial charge is 0.471 e. The van der Waals surface area contributed by atoms with Gasteiger partial charge in [0.15, 0.2) is 0 Å². The standard InChI is InChI=1S/C14H23F3N2O2/c1-13(2,3)7-5-8-18-11(20)10-6-4-9-19(10)12(21)14(15,16)17/h10H,4-9H2,1-3H3,(H,18,20). The van der Waals surface area contributed by atoms with Crippen LogP contribution < -0.4 is 5.32 Å². The van der Waals surface area contributed by atoms with Crippen molar-refractivity contribution in [1.82, 2.24) is 10.2 Å². The third kappa shape index (κ3) is 5.55. The third-order valence-electron chi connectivity index (χ3n) is 3.46. The van der Waals surface area contributed by atoms with Gasteiger partial charge in [0.1, 0.15) is 6.04 Å². The molecule has 0 aromatic heterocycles. The SMILES string of the molecule is CC(C)(C)CCCNC(=O)C1CCCN1C(=O)C(F)(F)F. The Hall–Kier alpha value is -1.27. The Morgan fingerprint density at radius 2 is 1.86 bits per heavy atom. The summed E-state index contributed by atoms with van der Waals surface area (Å²) in [5.74, 6) is -2.41. The minimum atomic E-state index is -4.92. The molecule has 0 aliphatic carbocycles. The van der Waals surface area contributed by atoms with E-state index in [1.54, 1.807) is 0 Å². The Morgan fingerprint density at radius 3 is 2.38 bits per heavy atom. The van der Waals surface area contributed by atoms with E-state index in [1.165, 1.54) is 0 Å². The van der Waals surface area contributed by atoms with E-state index in [9.17, 15) is 22.8 Å². The molecule has 1 aliphatic rings. The average Bonchev–Trinajstić information content (AvgIpc) is 2.79. The summed E-state index contributed by atoms with van der Waals surface area (Å²) in [5, 5.41) is 2.63.